The van der Waals surface area contributed by atoms with Gasteiger partial charge in [0.25, 0.3) is 5.78 Å². The van der Waals surface area contributed by atoms with Gasteiger partial charge in [0.15, 0.2) is 0 Å². The van der Waals surface area contributed by atoms with E-state index in [1.807, 2.05) is 20.8 Å². The number of aryl methyl sites for hydroxylation is 2. The van der Waals surface area contributed by atoms with Crippen LogP contribution in [0.3, 0.4) is 0 Å². The lowest BCUT2D eigenvalue weighted by molar-refractivity contribution is -0.117. The predicted octanol–water partition coefficient (Wildman–Crippen LogP) is 0.597. The van der Waals surface area contributed by atoms with Gasteiger partial charge in [-0.1, -0.05) is 11.8 Å². The van der Waals surface area contributed by atoms with E-state index in [-0.39, 0.29) is 5.75 Å². The highest BCUT2D eigenvalue weighted by atomic mass is 32.2. The molecule has 0 saturated carbocycles. The topological polar surface area (TPSA) is 101 Å². The lowest BCUT2D eigenvalue weighted by Crippen LogP contribution is -2.38. The largest absolute Gasteiger partial charge is 0.341 e. The molecule has 2 N–H and O–H groups in total. The van der Waals surface area contributed by atoms with Crippen LogP contribution in [0.1, 0.15) is 17.0 Å². The fourth-order valence-electron chi connectivity index (χ4n) is 1.65. The van der Waals surface area contributed by atoms with E-state index in [4.69, 9.17) is 0 Å². The molecule has 3 amide bonds. The Morgan fingerprint density at radius 2 is 1.95 bits per heavy atom. The Morgan fingerprint density at radius 3 is 2.62 bits per heavy atom. The standard InChI is InChI=1S/C12H16N6O2S/c1-6-7(2)14-10-16-12(17-18(10)8(6)3)21-5-9(19)15-11(20)13-4/h5H2,1-4H3,(H2,13,15,19,20). The zero-order valence-corrected chi connectivity index (χ0v) is 13.0. The molecule has 0 bridgehead atoms. The van der Waals surface area contributed by atoms with Crippen LogP contribution in [0, 0.1) is 20.8 Å². The molecule has 0 aliphatic rings. The third kappa shape index (κ3) is 3.30. The first kappa shape index (κ1) is 15.2. The molecular formula is C12H16N6O2S. The Balaban J connectivity index is 2.12. The molecule has 2 aromatic rings. The van der Waals surface area contributed by atoms with Crippen molar-refractivity contribution in [2.75, 3.05) is 12.8 Å². The van der Waals surface area contributed by atoms with E-state index in [1.165, 1.54) is 7.05 Å². The smallest absolute Gasteiger partial charge is 0.321 e. The van der Waals surface area contributed by atoms with Gasteiger partial charge in [0.05, 0.1) is 5.75 Å². The number of rotatable bonds is 3. The zero-order chi connectivity index (χ0) is 15.6. The molecule has 2 rings (SSSR count). The second-order valence-electron chi connectivity index (χ2n) is 4.43. The average molecular weight is 308 g/mol. The quantitative estimate of drug-likeness (QED) is 0.805. The minimum atomic E-state index is -0.535. The lowest BCUT2D eigenvalue weighted by atomic mass is 10.2. The predicted molar refractivity (Wildman–Crippen MR) is 78.3 cm³/mol. The summed E-state index contributed by atoms with van der Waals surface area (Å²) < 4.78 is 1.65. The molecule has 112 valence electrons. The lowest BCUT2D eigenvalue weighted by Gasteiger charge is -2.04. The molecule has 2 aromatic heterocycles. The molecule has 0 radical (unpaired) electrons. The van der Waals surface area contributed by atoms with Gasteiger partial charge in [-0.25, -0.2) is 14.3 Å². The third-order valence-corrected chi connectivity index (χ3v) is 3.89. The van der Waals surface area contributed by atoms with Gasteiger partial charge >= 0.3 is 6.03 Å². The number of amides is 3. The molecule has 0 unspecified atom stereocenters. The van der Waals surface area contributed by atoms with Crippen LogP contribution in [0.5, 0.6) is 0 Å². The van der Waals surface area contributed by atoms with Crippen LogP contribution in [-0.2, 0) is 4.79 Å². The number of carbonyl (C=O) groups excluding carboxylic acids is 2. The number of carbonyl (C=O) groups is 2. The van der Waals surface area contributed by atoms with Crippen LogP contribution in [-0.4, -0.2) is 44.3 Å². The summed E-state index contributed by atoms with van der Waals surface area (Å²) in [4.78, 5) is 31.1. The molecule has 0 spiro atoms. The van der Waals surface area contributed by atoms with Gasteiger partial charge < -0.3 is 5.32 Å². The molecule has 8 nitrogen and oxygen atoms in total. The van der Waals surface area contributed by atoms with Gasteiger partial charge in [-0.2, -0.15) is 4.98 Å². The summed E-state index contributed by atoms with van der Waals surface area (Å²) in [6.07, 6.45) is 0. The maximum atomic E-state index is 11.5. The van der Waals surface area contributed by atoms with Gasteiger partial charge in [-0.15, -0.1) is 5.10 Å². The number of nitrogens with one attached hydrogen (secondary N) is 2. The minimum Gasteiger partial charge on any atom is -0.341 e. The fraction of sp³-hybridized carbons (Fsp3) is 0.417. The van der Waals surface area contributed by atoms with E-state index in [0.29, 0.717) is 10.9 Å². The molecule has 9 heteroatoms. The Hall–Kier alpha value is -2.16. The molecule has 21 heavy (non-hydrogen) atoms. The van der Waals surface area contributed by atoms with Gasteiger partial charge in [0, 0.05) is 18.4 Å². The molecule has 0 saturated heterocycles. The first-order valence-corrected chi connectivity index (χ1v) is 7.26. The number of hydrogen-bond donors (Lipinski definition) is 2. The van der Waals surface area contributed by atoms with Gasteiger partial charge in [-0.3, -0.25) is 10.1 Å². The number of nitrogens with zero attached hydrogens (tertiary/aromatic N) is 4. The van der Waals surface area contributed by atoms with Gasteiger partial charge in [0.2, 0.25) is 11.1 Å². The van der Waals surface area contributed by atoms with Crippen LogP contribution in [0.4, 0.5) is 4.79 Å². The molecule has 0 aliphatic heterocycles. The molecule has 0 fully saturated rings. The Bertz CT molecular complexity index is 711. The van der Waals surface area contributed by atoms with Crippen LogP contribution >= 0.6 is 11.8 Å². The number of aromatic nitrogens is 4. The third-order valence-electron chi connectivity index (χ3n) is 3.05. The summed E-state index contributed by atoms with van der Waals surface area (Å²) in [6.45, 7) is 5.83. The highest BCUT2D eigenvalue weighted by molar-refractivity contribution is 7.99. The van der Waals surface area contributed by atoms with Crippen LogP contribution < -0.4 is 10.6 Å². The summed E-state index contributed by atoms with van der Waals surface area (Å²) in [5.41, 5.74) is 2.93. The van der Waals surface area contributed by atoms with Crippen molar-refractivity contribution in [1.82, 2.24) is 30.2 Å². The van der Waals surface area contributed by atoms with Crippen LogP contribution in [0.15, 0.2) is 5.16 Å². The molecule has 0 atom stereocenters. The van der Waals surface area contributed by atoms with Crippen molar-refractivity contribution in [3.05, 3.63) is 17.0 Å². The van der Waals surface area contributed by atoms with Crippen molar-refractivity contribution in [1.29, 1.82) is 0 Å². The van der Waals surface area contributed by atoms with Crippen LogP contribution in [0.2, 0.25) is 0 Å². The van der Waals surface area contributed by atoms with Crippen molar-refractivity contribution in [2.45, 2.75) is 25.9 Å². The van der Waals surface area contributed by atoms with E-state index in [0.717, 1.165) is 28.7 Å². The average Bonchev–Trinajstić information content (AvgIpc) is 2.85. The first-order valence-electron chi connectivity index (χ1n) is 6.27. The summed E-state index contributed by atoms with van der Waals surface area (Å²) in [5, 5.41) is 9.24. The Morgan fingerprint density at radius 1 is 1.24 bits per heavy atom. The number of imide groups is 1. The SMILES string of the molecule is CNC(=O)NC(=O)CSc1nc2nc(C)c(C)c(C)n2n1. The summed E-state index contributed by atoms with van der Waals surface area (Å²) >= 11 is 1.15. The molecular weight excluding hydrogens is 292 g/mol. The van der Waals surface area contributed by atoms with Gasteiger partial charge in [0.1, 0.15) is 0 Å². The molecule has 0 aromatic carbocycles. The fourth-order valence-corrected chi connectivity index (χ4v) is 2.27. The number of fused-ring (bicyclic) bond motifs is 1. The normalized spacial score (nSPS) is 10.7. The van der Waals surface area contributed by atoms with Crippen molar-refractivity contribution in [3.63, 3.8) is 0 Å². The van der Waals surface area contributed by atoms with Crippen molar-refractivity contribution in [3.8, 4) is 0 Å². The van der Waals surface area contributed by atoms with E-state index < -0.39 is 11.9 Å². The monoisotopic (exact) mass is 308 g/mol. The van der Waals surface area contributed by atoms with Crippen molar-refractivity contribution in [2.24, 2.45) is 0 Å². The van der Waals surface area contributed by atoms with E-state index >= 15 is 0 Å². The highest BCUT2D eigenvalue weighted by Crippen LogP contribution is 2.17. The van der Waals surface area contributed by atoms with Crippen molar-refractivity contribution >= 4 is 29.5 Å². The second kappa shape index (κ2) is 6.08. The van der Waals surface area contributed by atoms with Crippen LogP contribution in [0.25, 0.3) is 5.78 Å². The van der Waals surface area contributed by atoms with Gasteiger partial charge in [-0.05, 0) is 26.3 Å². The number of hydrogen-bond acceptors (Lipinski definition) is 6. The summed E-state index contributed by atoms with van der Waals surface area (Å²) in [6, 6.07) is -0.535. The second-order valence-corrected chi connectivity index (χ2v) is 5.37. The highest BCUT2D eigenvalue weighted by Gasteiger charge is 2.13. The van der Waals surface area contributed by atoms with E-state index in [9.17, 15) is 9.59 Å². The van der Waals surface area contributed by atoms with E-state index in [2.05, 4.69) is 25.7 Å². The van der Waals surface area contributed by atoms with Crippen molar-refractivity contribution < 1.29 is 9.59 Å². The zero-order valence-electron chi connectivity index (χ0n) is 12.2. The maximum Gasteiger partial charge on any atom is 0.321 e. The molecule has 0 aliphatic carbocycles. The Labute approximate surface area is 125 Å². The Kier molecular flexibility index (Phi) is 4.41. The number of thioether (sulfide) groups is 1. The molecule has 2 heterocycles. The first-order chi connectivity index (χ1) is 9.92. The summed E-state index contributed by atoms with van der Waals surface area (Å²) in [5.74, 6) is 0.154. The minimum absolute atomic E-state index is 0.0569. The summed E-state index contributed by atoms with van der Waals surface area (Å²) in [7, 11) is 1.44. The maximum absolute atomic E-state index is 11.5. The van der Waals surface area contributed by atoms with E-state index in [1.54, 1.807) is 4.52 Å². The number of urea groups is 1.